The lowest BCUT2D eigenvalue weighted by Gasteiger charge is -2.30. The van der Waals surface area contributed by atoms with E-state index in [0.717, 1.165) is 6.42 Å². The molecule has 0 spiro atoms. The summed E-state index contributed by atoms with van der Waals surface area (Å²) in [4.78, 5) is 37.8. The molecule has 11 heteroatoms. The van der Waals surface area contributed by atoms with Crippen molar-refractivity contribution in [2.45, 2.75) is 45.8 Å². The van der Waals surface area contributed by atoms with E-state index in [4.69, 9.17) is 32.7 Å². The standard InChI is InChI=1S/C23H27Cl2N3O6/c1-5-14(2)26-23(30)15(3)27(12-17-18(24)7-6-8-19(17)25)22(29)13-34-16-9-10-20(28(31)32)21(11-16)33-4/h6-11,14-15H,5,12-13H2,1-4H3,(H,26,30)/t14-,15-/m0/s1. The molecule has 0 radical (unpaired) electrons. The molecule has 0 saturated heterocycles. The van der Waals surface area contributed by atoms with Gasteiger partial charge in [-0.25, -0.2) is 0 Å². The number of hydrogen-bond donors (Lipinski definition) is 1. The van der Waals surface area contributed by atoms with E-state index < -0.39 is 23.5 Å². The lowest BCUT2D eigenvalue weighted by atomic mass is 10.1. The van der Waals surface area contributed by atoms with Crippen molar-refractivity contribution in [2.75, 3.05) is 13.7 Å². The molecule has 1 N–H and O–H groups in total. The Morgan fingerprint density at radius 3 is 2.38 bits per heavy atom. The molecule has 2 aromatic carbocycles. The number of carbonyl (C=O) groups excluding carboxylic acids is 2. The molecule has 34 heavy (non-hydrogen) atoms. The van der Waals surface area contributed by atoms with Gasteiger partial charge in [0.2, 0.25) is 11.7 Å². The van der Waals surface area contributed by atoms with E-state index in [0.29, 0.717) is 15.6 Å². The number of halogens is 2. The topological polar surface area (TPSA) is 111 Å². The van der Waals surface area contributed by atoms with E-state index in [1.165, 1.54) is 30.2 Å². The predicted octanol–water partition coefficient (Wildman–Crippen LogP) is 4.62. The zero-order valence-electron chi connectivity index (χ0n) is 19.3. The summed E-state index contributed by atoms with van der Waals surface area (Å²) in [6, 6.07) is 7.97. The molecule has 2 aromatic rings. The number of benzene rings is 2. The van der Waals surface area contributed by atoms with Crippen molar-refractivity contribution in [1.29, 1.82) is 0 Å². The Hall–Kier alpha value is -3.04. The number of ether oxygens (including phenoxy) is 2. The normalized spacial score (nSPS) is 12.4. The Kier molecular flexibility index (Phi) is 9.95. The number of hydrogen-bond acceptors (Lipinski definition) is 6. The molecule has 0 aromatic heterocycles. The van der Waals surface area contributed by atoms with Gasteiger partial charge in [0.05, 0.1) is 12.0 Å². The number of methoxy groups -OCH3 is 1. The van der Waals surface area contributed by atoms with Crippen molar-refractivity contribution in [1.82, 2.24) is 10.2 Å². The van der Waals surface area contributed by atoms with E-state index >= 15 is 0 Å². The number of nitro groups is 1. The van der Waals surface area contributed by atoms with Crippen LogP contribution in [0.5, 0.6) is 11.5 Å². The summed E-state index contributed by atoms with van der Waals surface area (Å²) in [5, 5.41) is 14.7. The maximum Gasteiger partial charge on any atom is 0.311 e. The van der Waals surface area contributed by atoms with Crippen molar-refractivity contribution in [2.24, 2.45) is 0 Å². The van der Waals surface area contributed by atoms with Crippen LogP contribution < -0.4 is 14.8 Å². The Morgan fingerprint density at radius 1 is 1.18 bits per heavy atom. The van der Waals surface area contributed by atoms with Gasteiger partial charge >= 0.3 is 5.69 Å². The second kappa shape index (κ2) is 12.4. The van der Waals surface area contributed by atoms with Crippen LogP contribution in [0.15, 0.2) is 36.4 Å². The monoisotopic (exact) mass is 511 g/mol. The Balaban J connectivity index is 2.26. The molecule has 0 unspecified atom stereocenters. The predicted molar refractivity (Wildman–Crippen MR) is 130 cm³/mol. The third-order valence-corrected chi connectivity index (χ3v) is 5.98. The molecule has 0 fully saturated rings. The molecule has 9 nitrogen and oxygen atoms in total. The number of nitro benzene ring substituents is 1. The second-order valence-corrected chi connectivity index (χ2v) is 8.41. The van der Waals surface area contributed by atoms with Gasteiger partial charge in [0.1, 0.15) is 11.8 Å². The highest BCUT2D eigenvalue weighted by Gasteiger charge is 2.28. The molecule has 0 aliphatic heterocycles. The van der Waals surface area contributed by atoms with Crippen LogP contribution in [0.3, 0.4) is 0 Å². The maximum absolute atomic E-state index is 13.2. The van der Waals surface area contributed by atoms with Crippen LogP contribution >= 0.6 is 23.2 Å². The highest BCUT2D eigenvalue weighted by Crippen LogP contribution is 2.31. The van der Waals surface area contributed by atoms with Crippen molar-refractivity contribution in [3.8, 4) is 11.5 Å². The van der Waals surface area contributed by atoms with Gasteiger partial charge in [0, 0.05) is 40.3 Å². The van der Waals surface area contributed by atoms with Crippen LogP contribution in [0.2, 0.25) is 10.0 Å². The molecule has 0 aliphatic carbocycles. The third-order valence-electron chi connectivity index (χ3n) is 5.27. The van der Waals surface area contributed by atoms with Gasteiger partial charge in [-0.15, -0.1) is 0 Å². The van der Waals surface area contributed by atoms with Crippen LogP contribution in [0.25, 0.3) is 0 Å². The number of nitrogens with zero attached hydrogens (tertiary/aromatic N) is 2. The fourth-order valence-corrected chi connectivity index (χ4v) is 3.55. The van der Waals surface area contributed by atoms with Crippen LogP contribution in [0.1, 0.15) is 32.8 Å². The molecule has 0 heterocycles. The first-order valence-electron chi connectivity index (χ1n) is 10.6. The van der Waals surface area contributed by atoms with Crippen LogP contribution in [0, 0.1) is 10.1 Å². The number of nitrogens with one attached hydrogen (secondary N) is 1. The van der Waals surface area contributed by atoms with Crippen molar-refractivity contribution in [3.05, 3.63) is 62.1 Å². The first-order chi connectivity index (χ1) is 16.1. The third kappa shape index (κ3) is 6.98. The lowest BCUT2D eigenvalue weighted by molar-refractivity contribution is -0.385. The van der Waals surface area contributed by atoms with Gasteiger partial charge < -0.3 is 19.7 Å². The highest BCUT2D eigenvalue weighted by molar-refractivity contribution is 6.36. The van der Waals surface area contributed by atoms with Crippen LogP contribution in [-0.2, 0) is 16.1 Å². The summed E-state index contributed by atoms with van der Waals surface area (Å²) in [6.45, 7) is 4.97. The number of rotatable bonds is 11. The fraction of sp³-hybridized carbons (Fsp3) is 0.391. The minimum atomic E-state index is -0.844. The first-order valence-corrected chi connectivity index (χ1v) is 11.3. The lowest BCUT2D eigenvalue weighted by Crippen LogP contribution is -2.50. The molecule has 2 rings (SSSR count). The quantitative estimate of drug-likeness (QED) is 0.348. The molecular weight excluding hydrogens is 485 g/mol. The molecule has 2 atom stereocenters. The maximum atomic E-state index is 13.2. The zero-order chi connectivity index (χ0) is 25.4. The van der Waals surface area contributed by atoms with E-state index in [1.807, 2.05) is 13.8 Å². The summed E-state index contributed by atoms with van der Waals surface area (Å²) < 4.78 is 10.6. The summed E-state index contributed by atoms with van der Waals surface area (Å²) in [5.41, 5.74) is 0.269. The van der Waals surface area contributed by atoms with Gasteiger partial charge in [0.25, 0.3) is 5.91 Å². The molecule has 0 aliphatic rings. The van der Waals surface area contributed by atoms with Crippen molar-refractivity contribution >= 4 is 40.7 Å². The summed E-state index contributed by atoms with van der Waals surface area (Å²) in [5.74, 6) is -0.637. The average Bonchev–Trinajstić information content (AvgIpc) is 2.81. The average molecular weight is 512 g/mol. The van der Waals surface area contributed by atoms with E-state index in [1.54, 1.807) is 25.1 Å². The largest absolute Gasteiger partial charge is 0.490 e. The summed E-state index contributed by atoms with van der Waals surface area (Å²) >= 11 is 12.6. The van der Waals surface area contributed by atoms with Gasteiger partial charge in [-0.3, -0.25) is 19.7 Å². The first kappa shape index (κ1) is 27.2. The van der Waals surface area contributed by atoms with E-state index in [9.17, 15) is 19.7 Å². The smallest absolute Gasteiger partial charge is 0.311 e. The number of amides is 2. The zero-order valence-corrected chi connectivity index (χ0v) is 20.9. The minimum absolute atomic E-state index is 0.00375. The molecular formula is C23H27Cl2N3O6. The highest BCUT2D eigenvalue weighted by atomic mass is 35.5. The second-order valence-electron chi connectivity index (χ2n) is 7.60. The SMILES string of the molecule is CC[C@H](C)NC(=O)[C@H](C)N(Cc1c(Cl)cccc1Cl)C(=O)COc1ccc([N+](=O)[O-])c(OC)c1. The van der Waals surface area contributed by atoms with Gasteiger partial charge in [-0.2, -0.15) is 0 Å². The van der Waals surface area contributed by atoms with Crippen molar-refractivity contribution in [3.63, 3.8) is 0 Å². The van der Waals surface area contributed by atoms with E-state index in [2.05, 4.69) is 5.32 Å². The molecule has 184 valence electrons. The minimum Gasteiger partial charge on any atom is -0.490 e. The van der Waals surface area contributed by atoms with Gasteiger partial charge in [0.15, 0.2) is 6.61 Å². The summed E-state index contributed by atoms with van der Waals surface area (Å²) in [7, 11) is 1.30. The Morgan fingerprint density at radius 2 is 1.82 bits per heavy atom. The van der Waals surface area contributed by atoms with Gasteiger partial charge in [-0.1, -0.05) is 36.2 Å². The number of carbonyl (C=O) groups is 2. The Bertz CT molecular complexity index is 1030. The van der Waals surface area contributed by atoms with Crippen LogP contribution in [0.4, 0.5) is 5.69 Å². The van der Waals surface area contributed by atoms with Gasteiger partial charge in [-0.05, 0) is 38.5 Å². The van der Waals surface area contributed by atoms with E-state index in [-0.39, 0.29) is 35.7 Å². The fourth-order valence-electron chi connectivity index (χ4n) is 3.03. The summed E-state index contributed by atoms with van der Waals surface area (Å²) in [6.07, 6.45) is 0.730. The molecule has 0 bridgehead atoms. The molecule has 0 saturated carbocycles. The van der Waals surface area contributed by atoms with Crippen LogP contribution in [-0.4, -0.2) is 47.4 Å². The van der Waals surface area contributed by atoms with Crippen molar-refractivity contribution < 1.29 is 24.0 Å². The molecule has 2 amide bonds. The Labute approximate surface area is 208 Å².